The first-order valence-corrected chi connectivity index (χ1v) is 7.68. The van der Waals surface area contributed by atoms with Gasteiger partial charge in [0.1, 0.15) is 0 Å². The second-order valence-electron chi connectivity index (χ2n) is 5.79. The van der Waals surface area contributed by atoms with Gasteiger partial charge in [0.05, 0.1) is 16.8 Å². The molecular weight excluding hydrogens is 340 g/mol. The lowest BCUT2D eigenvalue weighted by Gasteiger charge is -2.07. The molecule has 0 aliphatic carbocycles. The number of amides is 1. The number of hydrogen-bond acceptors (Lipinski definition) is 7. The SMILES string of the molecule is CC(C)C(=O)Nc1nc2ncc(-c3ccc([N+](=O)[O-])cc3)nc2c(=O)[nH]1. The minimum Gasteiger partial charge on any atom is -0.296 e. The van der Waals surface area contributed by atoms with Crippen LogP contribution in [0.4, 0.5) is 11.6 Å². The second kappa shape index (κ2) is 6.67. The molecule has 10 heteroatoms. The average molecular weight is 354 g/mol. The Hall–Kier alpha value is -3.69. The molecular formula is C16H14N6O4. The van der Waals surface area contributed by atoms with Crippen molar-refractivity contribution >= 4 is 28.7 Å². The summed E-state index contributed by atoms with van der Waals surface area (Å²) in [5, 5.41) is 13.2. The van der Waals surface area contributed by atoms with Crippen LogP contribution in [0.25, 0.3) is 22.4 Å². The first kappa shape index (κ1) is 17.1. The molecule has 2 heterocycles. The molecule has 3 rings (SSSR count). The Kier molecular flexibility index (Phi) is 4.40. The minimum absolute atomic E-state index is 0.00131. The molecule has 0 spiro atoms. The Bertz CT molecular complexity index is 1060. The first-order chi connectivity index (χ1) is 12.3. The van der Waals surface area contributed by atoms with Crippen LogP contribution >= 0.6 is 0 Å². The predicted octanol–water partition coefficient (Wildman–Crippen LogP) is 1.88. The Morgan fingerprint density at radius 2 is 1.92 bits per heavy atom. The number of nitrogens with zero attached hydrogens (tertiary/aromatic N) is 4. The van der Waals surface area contributed by atoms with Gasteiger partial charge in [0, 0.05) is 23.6 Å². The molecule has 1 aromatic carbocycles. The molecule has 0 unspecified atom stereocenters. The van der Waals surface area contributed by atoms with Crippen molar-refractivity contribution in [3.8, 4) is 11.3 Å². The number of H-pyrrole nitrogens is 1. The zero-order valence-electron chi connectivity index (χ0n) is 13.9. The van der Waals surface area contributed by atoms with Gasteiger partial charge in [-0.25, -0.2) is 9.97 Å². The lowest BCUT2D eigenvalue weighted by molar-refractivity contribution is -0.384. The lowest BCUT2D eigenvalue weighted by Crippen LogP contribution is -2.22. The smallest absolute Gasteiger partial charge is 0.280 e. The molecule has 0 radical (unpaired) electrons. The van der Waals surface area contributed by atoms with Crippen LogP contribution in [0.3, 0.4) is 0 Å². The molecule has 0 aliphatic rings. The van der Waals surface area contributed by atoms with E-state index in [1.807, 2.05) is 0 Å². The summed E-state index contributed by atoms with van der Waals surface area (Å²) < 4.78 is 0. The number of nitro groups is 1. The highest BCUT2D eigenvalue weighted by Gasteiger charge is 2.13. The van der Waals surface area contributed by atoms with Gasteiger partial charge in [-0.2, -0.15) is 4.98 Å². The van der Waals surface area contributed by atoms with E-state index in [1.165, 1.54) is 30.5 Å². The molecule has 0 bridgehead atoms. The zero-order chi connectivity index (χ0) is 18.8. The summed E-state index contributed by atoms with van der Waals surface area (Å²) in [6.07, 6.45) is 1.41. The minimum atomic E-state index is -0.551. The van der Waals surface area contributed by atoms with E-state index in [0.29, 0.717) is 11.3 Å². The average Bonchev–Trinajstić information content (AvgIpc) is 2.61. The van der Waals surface area contributed by atoms with Gasteiger partial charge in [-0.15, -0.1) is 0 Å². The topological polar surface area (TPSA) is 144 Å². The summed E-state index contributed by atoms with van der Waals surface area (Å²) in [7, 11) is 0. The van der Waals surface area contributed by atoms with Crippen molar-refractivity contribution in [2.24, 2.45) is 5.92 Å². The largest absolute Gasteiger partial charge is 0.296 e. The van der Waals surface area contributed by atoms with Crippen LogP contribution in [0.2, 0.25) is 0 Å². The van der Waals surface area contributed by atoms with Crippen LogP contribution in [0, 0.1) is 16.0 Å². The maximum absolute atomic E-state index is 12.2. The highest BCUT2D eigenvalue weighted by Crippen LogP contribution is 2.21. The van der Waals surface area contributed by atoms with E-state index in [4.69, 9.17) is 0 Å². The zero-order valence-corrected chi connectivity index (χ0v) is 13.9. The quantitative estimate of drug-likeness (QED) is 0.537. The lowest BCUT2D eigenvalue weighted by atomic mass is 10.1. The standard InChI is InChI=1S/C16H14N6O4/c1-8(2)14(23)20-16-19-13-12(15(24)21-16)18-11(7-17-13)9-3-5-10(6-4-9)22(25)26/h3-8H,1-2H3,(H2,17,19,20,21,23,24). The number of anilines is 1. The Morgan fingerprint density at radius 3 is 2.54 bits per heavy atom. The maximum Gasteiger partial charge on any atom is 0.280 e. The molecule has 132 valence electrons. The van der Waals surface area contributed by atoms with Crippen LogP contribution in [-0.4, -0.2) is 30.8 Å². The highest BCUT2D eigenvalue weighted by molar-refractivity contribution is 5.91. The van der Waals surface area contributed by atoms with E-state index in [9.17, 15) is 19.7 Å². The number of fused-ring (bicyclic) bond motifs is 1. The van der Waals surface area contributed by atoms with Crippen molar-refractivity contribution < 1.29 is 9.72 Å². The van der Waals surface area contributed by atoms with Crippen molar-refractivity contribution in [1.29, 1.82) is 0 Å². The van der Waals surface area contributed by atoms with Gasteiger partial charge in [0.25, 0.3) is 11.2 Å². The molecule has 26 heavy (non-hydrogen) atoms. The number of aromatic amines is 1. The van der Waals surface area contributed by atoms with E-state index in [1.54, 1.807) is 13.8 Å². The Morgan fingerprint density at radius 1 is 1.23 bits per heavy atom. The van der Waals surface area contributed by atoms with Crippen LogP contribution < -0.4 is 10.9 Å². The number of carbonyl (C=O) groups excluding carboxylic acids is 1. The van der Waals surface area contributed by atoms with E-state index in [0.717, 1.165) is 0 Å². The normalized spacial score (nSPS) is 10.9. The molecule has 2 aromatic heterocycles. The number of nitro benzene ring substituents is 1. The first-order valence-electron chi connectivity index (χ1n) is 7.68. The third-order valence-electron chi connectivity index (χ3n) is 3.56. The highest BCUT2D eigenvalue weighted by atomic mass is 16.6. The van der Waals surface area contributed by atoms with Crippen LogP contribution in [0.5, 0.6) is 0 Å². The third kappa shape index (κ3) is 3.38. The fourth-order valence-electron chi connectivity index (χ4n) is 2.13. The summed E-state index contributed by atoms with van der Waals surface area (Å²) in [5.41, 5.74) is 0.431. The van der Waals surface area contributed by atoms with E-state index in [2.05, 4.69) is 25.3 Å². The second-order valence-corrected chi connectivity index (χ2v) is 5.79. The van der Waals surface area contributed by atoms with Gasteiger partial charge in [0.15, 0.2) is 11.2 Å². The molecule has 3 aromatic rings. The van der Waals surface area contributed by atoms with Crippen LogP contribution in [-0.2, 0) is 4.79 Å². The number of hydrogen-bond donors (Lipinski definition) is 2. The molecule has 10 nitrogen and oxygen atoms in total. The number of aromatic nitrogens is 4. The predicted molar refractivity (Wildman–Crippen MR) is 93.5 cm³/mol. The van der Waals surface area contributed by atoms with Gasteiger partial charge in [-0.05, 0) is 12.1 Å². The van der Waals surface area contributed by atoms with Crippen LogP contribution in [0.15, 0.2) is 35.3 Å². The van der Waals surface area contributed by atoms with Crippen LogP contribution in [0.1, 0.15) is 13.8 Å². The molecule has 2 N–H and O–H groups in total. The molecule has 0 saturated carbocycles. The van der Waals surface area contributed by atoms with Crippen molar-refractivity contribution in [3.05, 3.63) is 50.9 Å². The molecule has 0 fully saturated rings. The van der Waals surface area contributed by atoms with Gasteiger partial charge in [-0.3, -0.25) is 30.0 Å². The number of carbonyl (C=O) groups is 1. The summed E-state index contributed by atoms with van der Waals surface area (Å²) >= 11 is 0. The molecule has 0 saturated heterocycles. The van der Waals surface area contributed by atoms with Crippen molar-refractivity contribution in [1.82, 2.24) is 19.9 Å². The fraction of sp³-hybridized carbons (Fsp3) is 0.188. The van der Waals surface area contributed by atoms with Gasteiger partial charge in [-0.1, -0.05) is 13.8 Å². The fourth-order valence-corrected chi connectivity index (χ4v) is 2.13. The van der Waals surface area contributed by atoms with Gasteiger partial charge >= 0.3 is 0 Å². The molecule has 0 atom stereocenters. The summed E-state index contributed by atoms with van der Waals surface area (Å²) in [6, 6.07) is 5.72. The summed E-state index contributed by atoms with van der Waals surface area (Å²) in [5.74, 6) is -0.562. The van der Waals surface area contributed by atoms with Crippen molar-refractivity contribution in [3.63, 3.8) is 0 Å². The van der Waals surface area contributed by atoms with E-state index < -0.39 is 10.5 Å². The number of rotatable bonds is 4. The van der Waals surface area contributed by atoms with E-state index in [-0.39, 0.29) is 34.6 Å². The molecule has 0 aliphatic heterocycles. The molecule has 1 amide bonds. The summed E-state index contributed by atoms with van der Waals surface area (Å²) in [6.45, 7) is 3.43. The monoisotopic (exact) mass is 354 g/mol. The Labute approximate surface area is 146 Å². The maximum atomic E-state index is 12.2. The third-order valence-corrected chi connectivity index (χ3v) is 3.56. The van der Waals surface area contributed by atoms with Crippen molar-refractivity contribution in [2.75, 3.05) is 5.32 Å². The van der Waals surface area contributed by atoms with Crippen molar-refractivity contribution in [2.45, 2.75) is 13.8 Å². The van der Waals surface area contributed by atoms with Gasteiger partial charge < -0.3 is 0 Å². The van der Waals surface area contributed by atoms with Gasteiger partial charge in [0.2, 0.25) is 11.9 Å². The number of nitrogens with one attached hydrogen (secondary N) is 2. The Balaban J connectivity index is 1.99. The number of benzene rings is 1. The van der Waals surface area contributed by atoms with E-state index >= 15 is 0 Å². The number of non-ortho nitro benzene ring substituents is 1. The summed E-state index contributed by atoms with van der Waals surface area (Å²) in [4.78, 5) is 49.0.